The van der Waals surface area contributed by atoms with Gasteiger partial charge in [-0.1, -0.05) is 12.0 Å². The Morgan fingerprint density at radius 2 is 2.29 bits per heavy atom. The Morgan fingerprint density at radius 1 is 1.59 bits per heavy atom. The van der Waals surface area contributed by atoms with Gasteiger partial charge in [0.2, 0.25) is 5.43 Å². The molecule has 0 bridgehead atoms. The van der Waals surface area contributed by atoms with E-state index in [1.54, 1.807) is 0 Å². The number of hydrogen-bond acceptors (Lipinski definition) is 3. The van der Waals surface area contributed by atoms with Gasteiger partial charge in [0.25, 0.3) is 0 Å². The van der Waals surface area contributed by atoms with Gasteiger partial charge >= 0.3 is 0 Å². The number of ether oxygens (including phenoxy) is 1. The number of nitrogens with zero attached hydrogens (tertiary/aromatic N) is 4. The van der Waals surface area contributed by atoms with Crippen LogP contribution < -0.4 is 10.2 Å². The van der Waals surface area contributed by atoms with Gasteiger partial charge < -0.3 is 9.30 Å². The lowest BCUT2D eigenvalue weighted by Gasteiger charge is -2.17. The van der Waals surface area contributed by atoms with Gasteiger partial charge in [-0.25, -0.2) is 0 Å². The average Bonchev–Trinajstić information content (AvgIpc) is 2.31. The van der Waals surface area contributed by atoms with Crippen LogP contribution in [0.5, 0.6) is 5.75 Å². The predicted octanol–water partition coefficient (Wildman–Crippen LogP) is 2.04. The summed E-state index contributed by atoms with van der Waals surface area (Å²) in [5.41, 5.74) is 9.84. The summed E-state index contributed by atoms with van der Waals surface area (Å²) in [6.45, 7) is 4.73. The highest BCUT2D eigenvalue weighted by atomic mass is 16.5. The Labute approximate surface area is 99.5 Å². The molecule has 0 atom stereocenters. The van der Waals surface area contributed by atoms with E-state index in [2.05, 4.69) is 10.0 Å². The lowest BCUT2D eigenvalue weighted by atomic mass is 10.2. The molecule has 1 heterocycles. The van der Waals surface area contributed by atoms with Gasteiger partial charge in [-0.15, -0.1) is 0 Å². The van der Waals surface area contributed by atoms with Crippen LogP contribution in [0.15, 0.2) is 16.0 Å². The van der Waals surface area contributed by atoms with Crippen LogP contribution in [0.25, 0.3) is 10.4 Å². The van der Waals surface area contributed by atoms with E-state index in [9.17, 15) is 4.79 Å². The van der Waals surface area contributed by atoms with Crippen molar-refractivity contribution in [2.75, 3.05) is 13.7 Å². The van der Waals surface area contributed by atoms with Crippen molar-refractivity contribution in [3.8, 4) is 5.75 Å². The minimum absolute atomic E-state index is 0.109. The molecule has 0 saturated carbocycles. The van der Waals surface area contributed by atoms with Crippen LogP contribution in [0.1, 0.15) is 18.3 Å². The number of rotatable bonds is 5. The monoisotopic (exact) mass is 236 g/mol. The van der Waals surface area contributed by atoms with Crippen molar-refractivity contribution in [2.24, 2.45) is 5.11 Å². The summed E-state index contributed by atoms with van der Waals surface area (Å²) in [5.74, 6) is 0.374. The molecule has 0 radical (unpaired) electrons. The Bertz CT molecular complexity index is 501. The van der Waals surface area contributed by atoms with Crippen molar-refractivity contribution in [2.45, 2.75) is 26.8 Å². The number of methoxy groups -OCH3 is 1. The molecule has 0 spiro atoms. The first kappa shape index (κ1) is 13.1. The molecule has 0 N–H and O–H groups in total. The molecule has 17 heavy (non-hydrogen) atoms. The summed E-state index contributed by atoms with van der Waals surface area (Å²) in [6.07, 6.45) is 0.691. The third-order valence-electron chi connectivity index (χ3n) is 2.60. The van der Waals surface area contributed by atoms with E-state index in [1.165, 1.54) is 13.2 Å². The first-order valence-electron chi connectivity index (χ1n) is 5.43. The van der Waals surface area contributed by atoms with E-state index >= 15 is 0 Å². The second kappa shape index (κ2) is 5.96. The first-order chi connectivity index (χ1) is 8.15. The molecular weight excluding hydrogens is 220 g/mol. The molecule has 0 aromatic carbocycles. The quantitative estimate of drug-likeness (QED) is 0.445. The lowest BCUT2D eigenvalue weighted by molar-refractivity contribution is 0.396. The zero-order valence-electron chi connectivity index (χ0n) is 10.3. The van der Waals surface area contributed by atoms with E-state index in [-0.39, 0.29) is 5.43 Å². The van der Waals surface area contributed by atoms with Crippen molar-refractivity contribution < 1.29 is 4.74 Å². The molecular formula is C11H16N4O2. The van der Waals surface area contributed by atoms with Crippen LogP contribution in [0.2, 0.25) is 0 Å². The molecule has 1 rings (SSSR count). The zero-order chi connectivity index (χ0) is 12.8. The van der Waals surface area contributed by atoms with Crippen LogP contribution >= 0.6 is 0 Å². The van der Waals surface area contributed by atoms with E-state index in [4.69, 9.17) is 10.3 Å². The van der Waals surface area contributed by atoms with Crippen LogP contribution in [0.4, 0.5) is 0 Å². The Balaban J connectivity index is 3.26. The molecule has 6 nitrogen and oxygen atoms in total. The second-order valence-corrected chi connectivity index (χ2v) is 3.59. The fourth-order valence-electron chi connectivity index (χ4n) is 1.88. The first-order valence-corrected chi connectivity index (χ1v) is 5.43. The van der Waals surface area contributed by atoms with Gasteiger partial charge in [-0.2, -0.15) is 0 Å². The van der Waals surface area contributed by atoms with Gasteiger partial charge in [0.05, 0.1) is 12.8 Å². The van der Waals surface area contributed by atoms with Crippen molar-refractivity contribution in [1.29, 1.82) is 0 Å². The largest absolute Gasteiger partial charge is 0.491 e. The minimum Gasteiger partial charge on any atom is -0.491 e. The van der Waals surface area contributed by atoms with Gasteiger partial charge in [0.1, 0.15) is 0 Å². The van der Waals surface area contributed by atoms with E-state index in [0.717, 1.165) is 11.4 Å². The fraction of sp³-hybridized carbons (Fsp3) is 0.545. The topological polar surface area (TPSA) is 80.0 Å². The number of azide groups is 1. The third-order valence-corrected chi connectivity index (χ3v) is 2.60. The van der Waals surface area contributed by atoms with Crippen molar-refractivity contribution >= 4 is 0 Å². The van der Waals surface area contributed by atoms with E-state index < -0.39 is 0 Å². The number of aromatic nitrogens is 1. The highest BCUT2D eigenvalue weighted by Crippen LogP contribution is 2.16. The second-order valence-electron chi connectivity index (χ2n) is 3.59. The summed E-state index contributed by atoms with van der Waals surface area (Å²) >= 11 is 0. The molecule has 92 valence electrons. The standard InChI is InChI=1S/C11H16N4O2/c1-4-9-11(17-3)10(16)7-8(2)15(9)6-5-13-14-12/h7H,4-6H2,1-3H3. The maximum atomic E-state index is 11.7. The van der Waals surface area contributed by atoms with Crippen LogP contribution in [-0.2, 0) is 13.0 Å². The Kier molecular flexibility index (Phi) is 4.60. The van der Waals surface area contributed by atoms with Gasteiger partial charge in [-0.3, -0.25) is 4.79 Å². The van der Waals surface area contributed by atoms with Crippen molar-refractivity contribution in [3.05, 3.63) is 38.1 Å². The van der Waals surface area contributed by atoms with E-state index in [1.807, 2.05) is 18.4 Å². The third kappa shape index (κ3) is 2.79. The SMILES string of the molecule is CCc1c(OC)c(=O)cc(C)n1CCN=[N+]=[N-]. The highest BCUT2D eigenvalue weighted by Gasteiger charge is 2.12. The molecule has 0 amide bonds. The maximum absolute atomic E-state index is 11.7. The van der Waals surface area contributed by atoms with Crippen LogP contribution in [0, 0.1) is 6.92 Å². The highest BCUT2D eigenvalue weighted by molar-refractivity contribution is 5.31. The molecule has 6 heteroatoms. The Morgan fingerprint density at radius 3 is 2.82 bits per heavy atom. The average molecular weight is 236 g/mol. The summed E-state index contributed by atoms with van der Waals surface area (Å²) < 4.78 is 7.09. The number of hydrogen-bond donors (Lipinski definition) is 0. The maximum Gasteiger partial charge on any atom is 0.223 e. The molecule has 1 aromatic rings. The fourth-order valence-corrected chi connectivity index (χ4v) is 1.88. The molecule has 0 aliphatic carbocycles. The lowest BCUT2D eigenvalue weighted by Crippen LogP contribution is -2.19. The van der Waals surface area contributed by atoms with E-state index in [0.29, 0.717) is 25.3 Å². The smallest absolute Gasteiger partial charge is 0.223 e. The molecule has 0 aliphatic heterocycles. The number of aryl methyl sites for hydroxylation is 1. The van der Waals surface area contributed by atoms with Gasteiger partial charge in [0, 0.05) is 29.8 Å². The Hall–Kier alpha value is -1.94. The normalized spacial score (nSPS) is 9.82. The van der Waals surface area contributed by atoms with Crippen LogP contribution in [-0.4, -0.2) is 18.2 Å². The summed E-state index contributed by atoms with van der Waals surface area (Å²) in [5, 5.41) is 3.50. The molecule has 0 unspecified atom stereocenters. The van der Waals surface area contributed by atoms with Crippen LogP contribution in [0.3, 0.4) is 0 Å². The van der Waals surface area contributed by atoms with Gasteiger partial charge in [0.15, 0.2) is 5.75 Å². The predicted molar refractivity (Wildman–Crippen MR) is 65.4 cm³/mol. The van der Waals surface area contributed by atoms with Gasteiger partial charge in [-0.05, 0) is 18.9 Å². The summed E-state index contributed by atoms with van der Waals surface area (Å²) in [4.78, 5) is 14.4. The molecule has 0 aliphatic rings. The van der Waals surface area contributed by atoms with Crippen molar-refractivity contribution in [1.82, 2.24) is 4.57 Å². The number of pyridine rings is 1. The summed E-state index contributed by atoms with van der Waals surface area (Å²) in [6, 6.07) is 1.54. The molecule has 1 aromatic heterocycles. The minimum atomic E-state index is -0.109. The molecule has 0 fully saturated rings. The molecule has 0 saturated heterocycles. The summed E-state index contributed by atoms with van der Waals surface area (Å²) in [7, 11) is 1.49. The van der Waals surface area contributed by atoms with Crippen molar-refractivity contribution in [3.63, 3.8) is 0 Å². The zero-order valence-corrected chi connectivity index (χ0v) is 10.3.